The van der Waals surface area contributed by atoms with Crippen LogP contribution >= 0.6 is 0 Å². The van der Waals surface area contributed by atoms with Crippen LogP contribution in [-0.4, -0.2) is 46.3 Å². The number of amides is 1. The first-order chi connectivity index (χ1) is 10.5. The topological polar surface area (TPSA) is 50.2 Å². The van der Waals surface area contributed by atoms with Crippen LogP contribution in [0.3, 0.4) is 0 Å². The molecule has 1 aromatic heterocycles. The van der Waals surface area contributed by atoms with Gasteiger partial charge in [0.2, 0.25) is 5.91 Å². The SMILES string of the molecule is Cc1cc(C)n(CCCN(C)C(C)C(=O)NC2CCCC2)n1. The zero-order valence-electron chi connectivity index (χ0n) is 14.4. The second-order valence-electron chi connectivity index (χ2n) is 6.65. The van der Waals surface area contributed by atoms with E-state index < -0.39 is 0 Å². The van der Waals surface area contributed by atoms with Crippen molar-refractivity contribution in [3.63, 3.8) is 0 Å². The Hall–Kier alpha value is -1.36. The predicted molar refractivity (Wildman–Crippen MR) is 88.8 cm³/mol. The highest BCUT2D eigenvalue weighted by molar-refractivity contribution is 5.81. The van der Waals surface area contributed by atoms with Gasteiger partial charge in [-0.2, -0.15) is 5.10 Å². The van der Waals surface area contributed by atoms with E-state index in [4.69, 9.17) is 0 Å². The standard InChI is InChI=1S/C17H30N4O/c1-13-12-14(2)21(19-13)11-7-10-20(4)15(3)17(22)18-16-8-5-6-9-16/h12,15-16H,5-11H2,1-4H3,(H,18,22). The van der Waals surface area contributed by atoms with Crippen molar-refractivity contribution in [3.05, 3.63) is 17.5 Å². The molecule has 0 saturated heterocycles. The molecule has 1 unspecified atom stereocenters. The maximum Gasteiger partial charge on any atom is 0.237 e. The van der Waals surface area contributed by atoms with Crippen LogP contribution in [0.15, 0.2) is 6.07 Å². The summed E-state index contributed by atoms with van der Waals surface area (Å²) in [7, 11) is 2.03. The van der Waals surface area contributed by atoms with Crippen LogP contribution in [0.4, 0.5) is 0 Å². The molecule has 1 amide bonds. The first-order valence-corrected chi connectivity index (χ1v) is 8.49. The Morgan fingerprint density at radius 2 is 2.14 bits per heavy atom. The van der Waals surface area contributed by atoms with Gasteiger partial charge in [-0.1, -0.05) is 12.8 Å². The van der Waals surface area contributed by atoms with Crippen LogP contribution in [-0.2, 0) is 11.3 Å². The number of carbonyl (C=O) groups is 1. The van der Waals surface area contributed by atoms with Gasteiger partial charge in [-0.05, 0) is 53.1 Å². The Morgan fingerprint density at radius 1 is 1.45 bits per heavy atom. The van der Waals surface area contributed by atoms with E-state index >= 15 is 0 Å². The molecule has 0 aromatic carbocycles. The highest BCUT2D eigenvalue weighted by Gasteiger charge is 2.22. The van der Waals surface area contributed by atoms with Crippen molar-refractivity contribution in [2.24, 2.45) is 0 Å². The van der Waals surface area contributed by atoms with E-state index in [9.17, 15) is 4.79 Å². The van der Waals surface area contributed by atoms with E-state index in [2.05, 4.69) is 28.3 Å². The number of likely N-dealkylation sites (N-methyl/N-ethyl adjacent to an activating group) is 1. The molecule has 1 aliphatic carbocycles. The Balaban J connectivity index is 1.72. The summed E-state index contributed by atoms with van der Waals surface area (Å²) < 4.78 is 2.05. The molecule has 0 aliphatic heterocycles. The summed E-state index contributed by atoms with van der Waals surface area (Å²) in [6, 6.07) is 2.43. The minimum absolute atomic E-state index is 0.0685. The quantitative estimate of drug-likeness (QED) is 0.841. The maximum atomic E-state index is 12.3. The van der Waals surface area contributed by atoms with Gasteiger partial charge in [0.1, 0.15) is 0 Å². The number of hydrogen-bond donors (Lipinski definition) is 1. The average molecular weight is 306 g/mol. The van der Waals surface area contributed by atoms with Crippen molar-refractivity contribution in [1.29, 1.82) is 0 Å². The van der Waals surface area contributed by atoms with Gasteiger partial charge < -0.3 is 5.32 Å². The molecule has 0 spiro atoms. The minimum Gasteiger partial charge on any atom is -0.352 e. The summed E-state index contributed by atoms with van der Waals surface area (Å²) in [6.07, 6.45) is 5.77. The number of hydrogen-bond acceptors (Lipinski definition) is 3. The second kappa shape index (κ2) is 7.77. The molecule has 22 heavy (non-hydrogen) atoms. The van der Waals surface area contributed by atoms with Crippen molar-refractivity contribution in [1.82, 2.24) is 20.0 Å². The van der Waals surface area contributed by atoms with Crippen molar-refractivity contribution < 1.29 is 4.79 Å². The second-order valence-corrected chi connectivity index (χ2v) is 6.65. The Bertz CT molecular complexity index is 491. The molecule has 1 aliphatic rings. The molecule has 1 saturated carbocycles. The van der Waals surface area contributed by atoms with Gasteiger partial charge in [0.25, 0.3) is 0 Å². The molecular formula is C17H30N4O. The van der Waals surface area contributed by atoms with Crippen molar-refractivity contribution in [3.8, 4) is 0 Å². The van der Waals surface area contributed by atoms with Crippen LogP contribution in [0.2, 0.25) is 0 Å². The summed E-state index contributed by atoms with van der Waals surface area (Å²) in [4.78, 5) is 14.4. The number of aromatic nitrogens is 2. The smallest absolute Gasteiger partial charge is 0.237 e. The first-order valence-electron chi connectivity index (χ1n) is 8.49. The zero-order valence-corrected chi connectivity index (χ0v) is 14.4. The summed E-state index contributed by atoms with van der Waals surface area (Å²) >= 11 is 0. The Labute approximate surface area is 134 Å². The normalized spacial score (nSPS) is 17.1. The van der Waals surface area contributed by atoms with Gasteiger partial charge in [-0.25, -0.2) is 0 Å². The number of aryl methyl sites for hydroxylation is 3. The lowest BCUT2D eigenvalue weighted by atomic mass is 10.2. The Morgan fingerprint density at radius 3 is 2.73 bits per heavy atom. The molecule has 0 radical (unpaired) electrons. The van der Waals surface area contributed by atoms with Gasteiger partial charge in [-0.3, -0.25) is 14.4 Å². The fraction of sp³-hybridized carbons (Fsp3) is 0.765. The lowest BCUT2D eigenvalue weighted by Gasteiger charge is -2.25. The van der Waals surface area contributed by atoms with Gasteiger partial charge in [0, 0.05) is 24.8 Å². The molecule has 1 N–H and O–H groups in total. The molecule has 0 bridgehead atoms. The number of nitrogens with zero attached hydrogens (tertiary/aromatic N) is 3. The molecule has 5 heteroatoms. The molecule has 124 valence electrons. The maximum absolute atomic E-state index is 12.3. The minimum atomic E-state index is -0.0685. The van der Waals surface area contributed by atoms with Crippen LogP contribution in [0, 0.1) is 13.8 Å². The largest absolute Gasteiger partial charge is 0.352 e. The van der Waals surface area contributed by atoms with Crippen molar-refractivity contribution >= 4 is 5.91 Å². The van der Waals surface area contributed by atoms with Gasteiger partial charge >= 0.3 is 0 Å². The Kier molecular flexibility index (Phi) is 6.00. The summed E-state index contributed by atoms with van der Waals surface area (Å²) in [6.45, 7) is 7.90. The summed E-state index contributed by atoms with van der Waals surface area (Å²) in [5, 5.41) is 7.66. The average Bonchev–Trinajstić information content (AvgIpc) is 3.08. The number of carbonyl (C=O) groups excluding carboxylic acids is 1. The fourth-order valence-electron chi connectivity index (χ4n) is 3.16. The van der Waals surface area contributed by atoms with Gasteiger partial charge in [0.05, 0.1) is 11.7 Å². The zero-order chi connectivity index (χ0) is 16.1. The molecule has 1 heterocycles. The molecular weight excluding hydrogens is 276 g/mol. The third-order valence-electron chi connectivity index (χ3n) is 4.73. The third-order valence-corrected chi connectivity index (χ3v) is 4.73. The highest BCUT2D eigenvalue weighted by Crippen LogP contribution is 2.17. The number of nitrogens with one attached hydrogen (secondary N) is 1. The van der Waals surface area contributed by atoms with Crippen molar-refractivity contribution in [2.75, 3.05) is 13.6 Å². The lowest BCUT2D eigenvalue weighted by Crippen LogP contribution is -2.46. The van der Waals surface area contributed by atoms with E-state index in [-0.39, 0.29) is 11.9 Å². The molecule has 5 nitrogen and oxygen atoms in total. The van der Waals surface area contributed by atoms with E-state index in [1.54, 1.807) is 0 Å². The fourth-order valence-corrected chi connectivity index (χ4v) is 3.16. The van der Waals surface area contributed by atoms with E-state index in [0.29, 0.717) is 6.04 Å². The molecule has 2 rings (SSSR count). The van der Waals surface area contributed by atoms with Crippen LogP contribution in [0.25, 0.3) is 0 Å². The molecule has 1 aromatic rings. The van der Waals surface area contributed by atoms with Crippen molar-refractivity contribution in [2.45, 2.75) is 71.5 Å². The predicted octanol–water partition coefficient (Wildman–Crippen LogP) is 2.27. The van der Waals surface area contributed by atoms with Gasteiger partial charge in [-0.15, -0.1) is 0 Å². The number of rotatable bonds is 7. The summed E-state index contributed by atoms with van der Waals surface area (Å²) in [5.41, 5.74) is 2.27. The lowest BCUT2D eigenvalue weighted by molar-refractivity contribution is -0.126. The monoisotopic (exact) mass is 306 g/mol. The van der Waals surface area contributed by atoms with E-state index in [0.717, 1.165) is 38.0 Å². The third kappa shape index (κ3) is 4.57. The highest BCUT2D eigenvalue weighted by atomic mass is 16.2. The first kappa shape index (κ1) is 17.0. The van der Waals surface area contributed by atoms with E-state index in [1.807, 2.05) is 25.6 Å². The van der Waals surface area contributed by atoms with E-state index in [1.165, 1.54) is 18.5 Å². The molecule has 1 fully saturated rings. The van der Waals surface area contributed by atoms with Gasteiger partial charge in [0.15, 0.2) is 0 Å². The van der Waals surface area contributed by atoms with Crippen LogP contribution in [0.1, 0.15) is 50.4 Å². The molecule has 1 atom stereocenters. The summed E-state index contributed by atoms with van der Waals surface area (Å²) in [5.74, 6) is 0.167. The van der Waals surface area contributed by atoms with Crippen LogP contribution < -0.4 is 5.32 Å². The van der Waals surface area contributed by atoms with Crippen LogP contribution in [0.5, 0.6) is 0 Å².